The lowest BCUT2D eigenvalue weighted by Crippen LogP contribution is -2.28. The Labute approximate surface area is 181 Å². The lowest BCUT2D eigenvalue weighted by Gasteiger charge is -2.29. The molecule has 1 aliphatic carbocycles. The van der Waals surface area contributed by atoms with Gasteiger partial charge >= 0.3 is 6.09 Å². The summed E-state index contributed by atoms with van der Waals surface area (Å²) in [5.41, 5.74) is -0.225. The van der Waals surface area contributed by atoms with Crippen LogP contribution in [0.15, 0.2) is 24.3 Å². The smallest absolute Gasteiger partial charge is 0.406 e. The number of rotatable bonds is 13. The fraction of sp³-hybridized carbons (Fsp3) is 0.750. The van der Waals surface area contributed by atoms with Gasteiger partial charge in [-0.25, -0.2) is 4.79 Å². The van der Waals surface area contributed by atoms with Gasteiger partial charge in [-0.05, 0) is 37.5 Å². The average Bonchev–Trinajstić information content (AvgIpc) is 2.98. The Balaban J connectivity index is 2.50. The number of carbonyl (C=O) groups is 2. The quantitative estimate of drug-likeness (QED) is 0.305. The van der Waals surface area contributed by atoms with Crippen molar-refractivity contribution in [2.45, 2.75) is 84.3 Å². The van der Waals surface area contributed by atoms with Crippen LogP contribution in [0.2, 0.25) is 0 Å². The van der Waals surface area contributed by atoms with Gasteiger partial charge in [-0.3, -0.25) is 4.79 Å². The van der Waals surface area contributed by atoms with E-state index >= 15 is 0 Å². The highest BCUT2D eigenvalue weighted by atomic mass is 16.5. The molecule has 0 spiro atoms. The van der Waals surface area contributed by atoms with Gasteiger partial charge in [0.15, 0.2) is 0 Å². The number of hydrogen-bond acceptors (Lipinski definition) is 5. The zero-order valence-electron chi connectivity index (χ0n) is 19.1. The zero-order chi connectivity index (χ0) is 22.6. The van der Waals surface area contributed by atoms with E-state index in [-0.39, 0.29) is 29.5 Å². The molecule has 6 heteroatoms. The molecule has 4 atom stereocenters. The van der Waals surface area contributed by atoms with Gasteiger partial charge in [-0.1, -0.05) is 57.9 Å². The Morgan fingerprint density at radius 3 is 2.70 bits per heavy atom. The van der Waals surface area contributed by atoms with Crippen molar-refractivity contribution in [3.8, 4) is 0 Å². The zero-order valence-corrected chi connectivity index (χ0v) is 19.1. The maximum Gasteiger partial charge on any atom is 0.406 e. The second-order valence-electron chi connectivity index (χ2n) is 8.93. The van der Waals surface area contributed by atoms with Gasteiger partial charge in [-0.15, -0.1) is 0 Å². The van der Waals surface area contributed by atoms with E-state index in [2.05, 4.69) is 12.2 Å². The number of unbranched alkanes of at least 4 members (excludes halogenated alkanes) is 3. The lowest BCUT2D eigenvalue weighted by atomic mass is 9.80. The van der Waals surface area contributed by atoms with E-state index in [1.807, 2.05) is 32.1 Å². The van der Waals surface area contributed by atoms with Crippen molar-refractivity contribution < 1.29 is 24.5 Å². The number of amides is 1. The SMILES string of the molecule is CCCCC(C)(C)[C@H](O)C=C[C@H]1[C@H](O)CC(=O)[C@@H]1CC=CCCCCOC(=O)NC. The summed E-state index contributed by atoms with van der Waals surface area (Å²) in [5, 5.41) is 23.3. The molecule has 1 rings (SSSR count). The number of aliphatic hydroxyl groups excluding tert-OH is 2. The number of hydrogen-bond donors (Lipinski definition) is 3. The molecule has 1 saturated carbocycles. The number of nitrogens with one attached hydrogen (secondary N) is 1. The number of ketones is 1. The molecule has 0 aromatic carbocycles. The second-order valence-corrected chi connectivity index (χ2v) is 8.93. The average molecular weight is 424 g/mol. The van der Waals surface area contributed by atoms with E-state index in [0.29, 0.717) is 13.0 Å². The molecule has 3 N–H and O–H groups in total. The normalized spacial score (nSPS) is 23.4. The molecule has 1 amide bonds. The summed E-state index contributed by atoms with van der Waals surface area (Å²) >= 11 is 0. The Bertz CT molecular complexity index is 584. The van der Waals surface area contributed by atoms with Crippen LogP contribution in [0.3, 0.4) is 0 Å². The summed E-state index contributed by atoms with van der Waals surface area (Å²) in [6.45, 7) is 6.63. The summed E-state index contributed by atoms with van der Waals surface area (Å²) in [7, 11) is 1.53. The van der Waals surface area contributed by atoms with Crippen LogP contribution >= 0.6 is 0 Å². The van der Waals surface area contributed by atoms with E-state index in [4.69, 9.17) is 4.74 Å². The third-order valence-corrected chi connectivity index (χ3v) is 5.98. The Hall–Kier alpha value is -1.66. The first-order valence-corrected chi connectivity index (χ1v) is 11.3. The van der Waals surface area contributed by atoms with Gasteiger partial charge in [0.25, 0.3) is 0 Å². The van der Waals surface area contributed by atoms with Crippen LogP contribution in [0.25, 0.3) is 0 Å². The van der Waals surface area contributed by atoms with Crippen molar-refractivity contribution in [1.82, 2.24) is 5.32 Å². The van der Waals surface area contributed by atoms with Crippen molar-refractivity contribution in [2.75, 3.05) is 13.7 Å². The van der Waals surface area contributed by atoms with Gasteiger partial charge in [0.05, 0.1) is 18.8 Å². The van der Waals surface area contributed by atoms with Gasteiger partial charge in [0.1, 0.15) is 5.78 Å². The van der Waals surface area contributed by atoms with Crippen LogP contribution in [0.4, 0.5) is 4.79 Å². The third kappa shape index (κ3) is 9.00. The highest BCUT2D eigenvalue weighted by Crippen LogP contribution is 2.35. The fourth-order valence-electron chi connectivity index (χ4n) is 3.76. The van der Waals surface area contributed by atoms with Crippen molar-refractivity contribution in [3.05, 3.63) is 24.3 Å². The molecule has 30 heavy (non-hydrogen) atoms. The van der Waals surface area contributed by atoms with Crippen LogP contribution in [0.5, 0.6) is 0 Å². The summed E-state index contributed by atoms with van der Waals surface area (Å²) < 4.78 is 4.94. The van der Waals surface area contributed by atoms with Crippen LogP contribution in [-0.4, -0.2) is 48.0 Å². The predicted octanol–water partition coefficient (Wildman–Crippen LogP) is 4.16. The summed E-state index contributed by atoms with van der Waals surface area (Å²) in [4.78, 5) is 23.3. The summed E-state index contributed by atoms with van der Waals surface area (Å²) in [5.74, 6) is -0.407. The maximum absolute atomic E-state index is 12.3. The number of ether oxygens (including phenoxy) is 1. The van der Waals surface area contributed by atoms with E-state index < -0.39 is 18.3 Å². The second kappa shape index (κ2) is 13.6. The van der Waals surface area contributed by atoms with Crippen molar-refractivity contribution in [3.63, 3.8) is 0 Å². The van der Waals surface area contributed by atoms with E-state index in [1.165, 1.54) is 7.05 Å². The molecule has 6 nitrogen and oxygen atoms in total. The number of aliphatic hydroxyl groups is 2. The first-order chi connectivity index (χ1) is 14.2. The molecule has 0 heterocycles. The van der Waals surface area contributed by atoms with E-state index in [1.54, 1.807) is 6.08 Å². The molecule has 0 aromatic heterocycles. The topological polar surface area (TPSA) is 95.9 Å². The highest BCUT2D eigenvalue weighted by molar-refractivity contribution is 5.84. The van der Waals surface area contributed by atoms with Gasteiger partial charge < -0.3 is 20.3 Å². The summed E-state index contributed by atoms with van der Waals surface area (Å²) in [6.07, 6.45) is 12.4. The monoisotopic (exact) mass is 423 g/mol. The van der Waals surface area contributed by atoms with E-state index in [9.17, 15) is 19.8 Å². The van der Waals surface area contributed by atoms with Crippen molar-refractivity contribution in [2.24, 2.45) is 17.3 Å². The first kappa shape index (κ1) is 26.4. The predicted molar refractivity (Wildman–Crippen MR) is 119 cm³/mol. The Morgan fingerprint density at radius 1 is 1.30 bits per heavy atom. The molecule has 172 valence electrons. The minimum absolute atomic E-state index is 0.0838. The molecule has 0 unspecified atom stereocenters. The van der Waals surface area contributed by atoms with Crippen molar-refractivity contribution in [1.29, 1.82) is 0 Å². The van der Waals surface area contributed by atoms with Gasteiger partial charge in [0.2, 0.25) is 0 Å². The minimum atomic E-state index is -0.681. The summed E-state index contributed by atoms with van der Waals surface area (Å²) in [6, 6.07) is 0. The van der Waals surface area contributed by atoms with Crippen LogP contribution in [0, 0.1) is 17.3 Å². The molecule has 0 radical (unpaired) electrons. The van der Waals surface area contributed by atoms with Gasteiger partial charge in [0, 0.05) is 25.3 Å². The standard InChI is InChI=1S/C24H41NO5/c1-5-6-15-24(2,3)22(28)14-13-19-18(20(26)17-21(19)27)12-10-8-7-9-11-16-30-23(29)25-4/h8,10,13-14,18-19,21-22,27-28H,5-7,9,11-12,15-17H2,1-4H3,(H,25,29)/t18-,19-,21-,22-/m1/s1. The molecule has 1 fully saturated rings. The molecule has 0 saturated heterocycles. The molecular formula is C24H41NO5. The minimum Gasteiger partial charge on any atom is -0.450 e. The number of carbonyl (C=O) groups excluding carboxylic acids is 2. The molecule has 0 aliphatic heterocycles. The third-order valence-electron chi connectivity index (χ3n) is 5.98. The van der Waals surface area contributed by atoms with Crippen LogP contribution in [-0.2, 0) is 9.53 Å². The lowest BCUT2D eigenvalue weighted by molar-refractivity contribution is -0.121. The highest BCUT2D eigenvalue weighted by Gasteiger charge is 2.39. The Kier molecular flexibility index (Phi) is 12.0. The number of Topliss-reactive ketones (excluding diaryl/α,β-unsaturated/α-hetero) is 1. The maximum atomic E-state index is 12.3. The van der Waals surface area contributed by atoms with Crippen molar-refractivity contribution >= 4 is 11.9 Å². The molecular weight excluding hydrogens is 382 g/mol. The largest absolute Gasteiger partial charge is 0.450 e. The number of allylic oxidation sites excluding steroid dienone is 2. The first-order valence-electron chi connectivity index (χ1n) is 11.3. The van der Waals surface area contributed by atoms with Crippen LogP contribution < -0.4 is 5.32 Å². The molecule has 0 aromatic rings. The fourth-order valence-corrected chi connectivity index (χ4v) is 3.76. The van der Waals surface area contributed by atoms with Crippen LogP contribution in [0.1, 0.15) is 72.1 Å². The van der Waals surface area contributed by atoms with Gasteiger partial charge in [-0.2, -0.15) is 0 Å². The molecule has 0 bridgehead atoms. The number of alkyl carbamates (subject to hydrolysis) is 1. The molecule has 1 aliphatic rings. The van der Waals surface area contributed by atoms with E-state index in [0.717, 1.165) is 38.5 Å². The Morgan fingerprint density at radius 2 is 2.03 bits per heavy atom.